The molecule has 0 aliphatic carbocycles. The van der Waals surface area contributed by atoms with Crippen molar-refractivity contribution in [3.63, 3.8) is 0 Å². The van der Waals surface area contributed by atoms with E-state index in [1.807, 2.05) is 30.3 Å². The highest BCUT2D eigenvalue weighted by atomic mass is 32.2. The zero-order valence-electron chi connectivity index (χ0n) is 11.1. The molecule has 3 rings (SSSR count). The number of hydrogen-bond donors (Lipinski definition) is 1. The van der Waals surface area contributed by atoms with Gasteiger partial charge in [0.15, 0.2) is 5.17 Å². The molecule has 1 saturated heterocycles. The van der Waals surface area contributed by atoms with Crippen LogP contribution in [0.3, 0.4) is 0 Å². The number of carbonyl (C=O) groups excluding carboxylic acids is 1. The Balaban J connectivity index is 1.71. The molecule has 1 N–H and O–H groups in total. The van der Waals surface area contributed by atoms with Gasteiger partial charge in [0.25, 0.3) is 0 Å². The summed E-state index contributed by atoms with van der Waals surface area (Å²) in [7, 11) is 0. The highest BCUT2D eigenvalue weighted by molar-refractivity contribution is 8.15. The lowest BCUT2D eigenvalue weighted by molar-refractivity contribution is -0.118. The molecule has 1 aliphatic heterocycles. The van der Waals surface area contributed by atoms with Gasteiger partial charge in [0, 0.05) is 0 Å². The third-order valence-electron chi connectivity index (χ3n) is 3.10. The van der Waals surface area contributed by atoms with E-state index < -0.39 is 0 Å². The molecule has 2 aromatic rings. The first kappa shape index (κ1) is 13.8. The smallest absolute Gasteiger partial charge is 0.239 e. The average molecular weight is 300 g/mol. The Morgan fingerprint density at radius 1 is 1.10 bits per heavy atom. The highest BCUT2D eigenvalue weighted by Gasteiger charge is 2.30. The first-order valence-corrected chi connectivity index (χ1v) is 7.44. The predicted octanol–water partition coefficient (Wildman–Crippen LogP) is 3.29. The minimum atomic E-state index is -0.302. The molecular formula is C16H13FN2OS. The van der Waals surface area contributed by atoms with Crippen molar-refractivity contribution >= 4 is 28.5 Å². The fraction of sp³-hybridized carbons (Fsp3) is 0.125. The Kier molecular flexibility index (Phi) is 4.01. The van der Waals surface area contributed by atoms with Gasteiger partial charge in [0.2, 0.25) is 5.91 Å². The number of halogens is 1. The minimum Gasteiger partial charge on any atom is -0.304 e. The molecule has 1 atom stereocenters. The zero-order chi connectivity index (χ0) is 14.7. The lowest BCUT2D eigenvalue weighted by atomic mass is 10.1. The second kappa shape index (κ2) is 6.10. The highest BCUT2D eigenvalue weighted by Crippen LogP contribution is 2.25. The third-order valence-corrected chi connectivity index (χ3v) is 4.18. The first-order chi connectivity index (χ1) is 10.2. The van der Waals surface area contributed by atoms with Crippen LogP contribution < -0.4 is 5.32 Å². The van der Waals surface area contributed by atoms with Gasteiger partial charge >= 0.3 is 0 Å². The second-order valence-electron chi connectivity index (χ2n) is 4.68. The topological polar surface area (TPSA) is 41.5 Å². The molecule has 0 radical (unpaired) electrons. The minimum absolute atomic E-state index is 0.0373. The summed E-state index contributed by atoms with van der Waals surface area (Å²) in [5.74, 6) is -0.339. The molecule has 1 unspecified atom stereocenters. The molecule has 0 bridgehead atoms. The van der Waals surface area contributed by atoms with Gasteiger partial charge in [-0.1, -0.05) is 42.1 Å². The SMILES string of the molecule is O=C1NC(=Nc2ccc(F)cc2)SC1Cc1ccccc1. The van der Waals surface area contributed by atoms with Crippen LogP contribution in [-0.2, 0) is 11.2 Å². The molecule has 106 valence electrons. The lowest BCUT2D eigenvalue weighted by Crippen LogP contribution is -2.25. The van der Waals surface area contributed by atoms with Crippen molar-refractivity contribution in [3.8, 4) is 0 Å². The van der Waals surface area contributed by atoms with Gasteiger partial charge in [-0.05, 0) is 36.2 Å². The number of carbonyl (C=O) groups is 1. The number of aliphatic imine (C=N–C) groups is 1. The van der Waals surface area contributed by atoms with Gasteiger partial charge in [-0.25, -0.2) is 9.38 Å². The molecule has 1 amide bonds. The Morgan fingerprint density at radius 3 is 2.52 bits per heavy atom. The quantitative estimate of drug-likeness (QED) is 0.945. The van der Waals surface area contributed by atoms with Gasteiger partial charge in [0.1, 0.15) is 5.82 Å². The van der Waals surface area contributed by atoms with E-state index in [2.05, 4.69) is 10.3 Å². The summed E-state index contributed by atoms with van der Waals surface area (Å²) in [6.45, 7) is 0. The van der Waals surface area contributed by atoms with Crippen LogP contribution in [0.1, 0.15) is 5.56 Å². The van der Waals surface area contributed by atoms with Crippen molar-refractivity contribution in [3.05, 3.63) is 66.0 Å². The fourth-order valence-electron chi connectivity index (χ4n) is 2.05. The van der Waals surface area contributed by atoms with Gasteiger partial charge < -0.3 is 5.32 Å². The second-order valence-corrected chi connectivity index (χ2v) is 5.87. The lowest BCUT2D eigenvalue weighted by Gasteiger charge is -2.04. The van der Waals surface area contributed by atoms with Gasteiger partial charge in [-0.15, -0.1) is 0 Å². The summed E-state index contributed by atoms with van der Waals surface area (Å²) in [5, 5.41) is 3.16. The fourth-order valence-corrected chi connectivity index (χ4v) is 3.08. The Morgan fingerprint density at radius 2 is 1.81 bits per heavy atom. The van der Waals surface area contributed by atoms with E-state index in [1.165, 1.54) is 23.9 Å². The number of rotatable bonds is 3. The number of thioether (sulfide) groups is 1. The number of amidine groups is 1. The monoisotopic (exact) mass is 300 g/mol. The maximum Gasteiger partial charge on any atom is 0.239 e. The van der Waals surface area contributed by atoms with Crippen LogP contribution in [0.15, 0.2) is 59.6 Å². The number of benzene rings is 2. The molecule has 1 aliphatic rings. The standard InChI is InChI=1S/C16H13FN2OS/c17-12-6-8-13(9-7-12)18-16-19-15(20)14(21-16)10-11-4-2-1-3-5-11/h1-9,14H,10H2,(H,18,19,20). The van der Waals surface area contributed by atoms with Gasteiger partial charge in [-0.3, -0.25) is 4.79 Å². The number of nitrogens with one attached hydrogen (secondary N) is 1. The van der Waals surface area contributed by atoms with E-state index in [4.69, 9.17) is 0 Å². The summed E-state index contributed by atoms with van der Waals surface area (Å²) in [6.07, 6.45) is 0.666. The Hall–Kier alpha value is -2.14. The Bertz CT molecular complexity index is 670. The van der Waals surface area contributed by atoms with Crippen molar-refractivity contribution in [2.24, 2.45) is 4.99 Å². The molecule has 0 spiro atoms. The molecule has 1 heterocycles. The van der Waals surface area contributed by atoms with E-state index in [0.29, 0.717) is 17.3 Å². The van der Waals surface area contributed by atoms with Crippen LogP contribution in [0, 0.1) is 5.82 Å². The molecule has 5 heteroatoms. The third kappa shape index (κ3) is 3.49. The van der Waals surface area contributed by atoms with Crippen LogP contribution in [-0.4, -0.2) is 16.3 Å². The first-order valence-electron chi connectivity index (χ1n) is 6.56. The van der Waals surface area contributed by atoms with Crippen molar-refractivity contribution in [2.45, 2.75) is 11.7 Å². The molecule has 0 saturated carbocycles. The van der Waals surface area contributed by atoms with Crippen LogP contribution in [0.5, 0.6) is 0 Å². The zero-order valence-corrected chi connectivity index (χ0v) is 11.9. The molecule has 21 heavy (non-hydrogen) atoms. The van der Waals surface area contributed by atoms with Crippen LogP contribution in [0.2, 0.25) is 0 Å². The number of nitrogens with zero attached hydrogens (tertiary/aromatic N) is 1. The number of amides is 1. The summed E-state index contributed by atoms with van der Waals surface area (Å²) in [5.41, 5.74) is 1.74. The van der Waals surface area contributed by atoms with Crippen molar-refractivity contribution < 1.29 is 9.18 Å². The largest absolute Gasteiger partial charge is 0.304 e. The summed E-state index contributed by atoms with van der Waals surface area (Å²) in [4.78, 5) is 16.3. The van der Waals surface area contributed by atoms with Crippen LogP contribution >= 0.6 is 11.8 Å². The van der Waals surface area contributed by atoms with E-state index in [0.717, 1.165) is 5.56 Å². The summed E-state index contributed by atoms with van der Waals surface area (Å²) < 4.78 is 12.8. The summed E-state index contributed by atoms with van der Waals surface area (Å²) in [6, 6.07) is 15.7. The van der Waals surface area contributed by atoms with Crippen molar-refractivity contribution in [2.75, 3.05) is 0 Å². The maximum atomic E-state index is 12.8. The normalized spacial score (nSPS) is 19.8. The van der Waals surface area contributed by atoms with Gasteiger partial charge in [0.05, 0.1) is 10.9 Å². The maximum absolute atomic E-state index is 12.8. The number of hydrogen-bond acceptors (Lipinski definition) is 3. The van der Waals surface area contributed by atoms with Crippen LogP contribution in [0.25, 0.3) is 0 Å². The molecule has 2 aromatic carbocycles. The van der Waals surface area contributed by atoms with Crippen molar-refractivity contribution in [1.82, 2.24) is 5.32 Å². The molecule has 3 nitrogen and oxygen atoms in total. The molecule has 0 aromatic heterocycles. The van der Waals surface area contributed by atoms with E-state index in [-0.39, 0.29) is 17.0 Å². The van der Waals surface area contributed by atoms with Crippen molar-refractivity contribution in [1.29, 1.82) is 0 Å². The average Bonchev–Trinajstić information content (AvgIpc) is 2.82. The van der Waals surface area contributed by atoms with E-state index >= 15 is 0 Å². The van der Waals surface area contributed by atoms with Gasteiger partial charge in [-0.2, -0.15) is 0 Å². The summed E-state index contributed by atoms with van der Waals surface area (Å²) >= 11 is 1.41. The Labute approximate surface area is 126 Å². The molecule has 1 fully saturated rings. The van der Waals surface area contributed by atoms with E-state index in [1.54, 1.807) is 12.1 Å². The molecular weight excluding hydrogens is 287 g/mol. The van der Waals surface area contributed by atoms with E-state index in [9.17, 15) is 9.18 Å². The predicted molar refractivity (Wildman–Crippen MR) is 83.2 cm³/mol. The van der Waals surface area contributed by atoms with Crippen LogP contribution in [0.4, 0.5) is 10.1 Å².